The van der Waals surface area contributed by atoms with Crippen LogP contribution in [0.2, 0.25) is 0 Å². The van der Waals surface area contributed by atoms with Crippen molar-refractivity contribution in [2.75, 3.05) is 70.5 Å². The molecule has 83 heavy (non-hydrogen) atoms. The van der Waals surface area contributed by atoms with Crippen LogP contribution < -0.4 is 20.3 Å². The average Bonchev–Trinajstić information content (AvgIpc) is 4.12. The number of hydrogen-bond donors (Lipinski definition) is 2. The maximum absolute atomic E-state index is 16.4. The van der Waals surface area contributed by atoms with Crippen molar-refractivity contribution in [2.45, 2.75) is 190 Å². The van der Waals surface area contributed by atoms with E-state index >= 15 is 8.78 Å². The molecule has 0 spiro atoms. The molecule has 11 heterocycles. The fourth-order valence-corrected chi connectivity index (χ4v) is 15.7. The minimum atomic E-state index is -0.534. The van der Waals surface area contributed by atoms with E-state index in [9.17, 15) is 4.39 Å². The average molecular weight is 1130 g/mol. The number of ether oxygens (including phenoxy) is 2. The van der Waals surface area contributed by atoms with E-state index in [1.807, 2.05) is 39.1 Å². The molecule has 5 aromatic rings. The SMILES string of the molecule is CC.CC/C=C(/N=C(\c1cnc(-c2ccccc2C2(C)CC2)c(F)c1C)N1CC2CCC(C1)N2)OCC12CCCN1CCC2.Fc1cccc(-c2ncc3c(N4CC5CCC(C4)N5)nc(OCC45CCCN4CCC5)nc3c2F)c1C1CC1. The number of benzene rings is 2. The van der Waals surface area contributed by atoms with Gasteiger partial charge in [-0.05, 0) is 177 Å². The molecule has 4 bridgehead atoms. The van der Waals surface area contributed by atoms with Crippen LogP contribution in [-0.4, -0.2) is 141 Å². The topological polar surface area (TPSA) is 119 Å². The minimum Gasteiger partial charge on any atom is -0.476 e. The summed E-state index contributed by atoms with van der Waals surface area (Å²) >= 11 is 0. The Bertz CT molecular complexity index is 3230. The Labute approximate surface area is 489 Å². The van der Waals surface area contributed by atoms with Gasteiger partial charge in [0.2, 0.25) is 5.88 Å². The Kier molecular flexibility index (Phi) is 15.8. The van der Waals surface area contributed by atoms with Crippen molar-refractivity contribution in [1.29, 1.82) is 0 Å². The number of nitrogens with zero attached hydrogens (tertiary/aromatic N) is 9. The number of likely N-dealkylation sites (tertiary alicyclic amines) is 1. The van der Waals surface area contributed by atoms with E-state index in [0.29, 0.717) is 76.9 Å². The van der Waals surface area contributed by atoms with Gasteiger partial charge in [0.05, 0.1) is 16.5 Å². The van der Waals surface area contributed by atoms with Gasteiger partial charge in [-0.25, -0.2) is 13.2 Å². The number of aromatic nitrogens is 4. The monoisotopic (exact) mass is 1130 g/mol. The summed E-state index contributed by atoms with van der Waals surface area (Å²) in [6.45, 7) is 19.4. The van der Waals surface area contributed by atoms with E-state index < -0.39 is 5.82 Å². The number of anilines is 1. The van der Waals surface area contributed by atoms with Crippen molar-refractivity contribution in [3.63, 3.8) is 0 Å². The maximum atomic E-state index is 16.4. The van der Waals surface area contributed by atoms with Crippen LogP contribution in [0.25, 0.3) is 33.4 Å². The summed E-state index contributed by atoms with van der Waals surface area (Å²) in [4.78, 5) is 33.9. The molecule has 0 amide bonds. The molecule has 2 N–H and O–H groups in total. The highest BCUT2D eigenvalue weighted by atomic mass is 19.1. The van der Waals surface area contributed by atoms with Gasteiger partial charge in [0, 0.05) is 85.0 Å². The normalized spacial score (nSPS) is 25.7. The first-order valence-corrected chi connectivity index (χ1v) is 31.9. The lowest BCUT2D eigenvalue weighted by Crippen LogP contribution is -2.53. The van der Waals surface area contributed by atoms with Crippen LogP contribution in [0.4, 0.5) is 19.0 Å². The number of pyridine rings is 2. The highest BCUT2D eigenvalue weighted by Crippen LogP contribution is 2.51. The van der Waals surface area contributed by atoms with Crippen LogP contribution in [0.5, 0.6) is 6.01 Å². The highest BCUT2D eigenvalue weighted by molar-refractivity contribution is 6.01. The molecule has 16 heteroatoms. The fourth-order valence-electron chi connectivity index (χ4n) is 15.7. The van der Waals surface area contributed by atoms with Gasteiger partial charge in [-0.2, -0.15) is 15.0 Å². The summed E-state index contributed by atoms with van der Waals surface area (Å²) < 4.78 is 60.6. The number of aliphatic imine (C=N–C) groups is 1. The number of piperazine rings is 2. The van der Waals surface area contributed by atoms with E-state index in [1.54, 1.807) is 18.3 Å². The van der Waals surface area contributed by atoms with Gasteiger partial charge in [0.1, 0.15) is 47.6 Å². The molecule has 15 rings (SSSR count). The molecule has 442 valence electrons. The number of hydrogen-bond acceptors (Lipinski definition) is 12. The van der Waals surface area contributed by atoms with Crippen molar-refractivity contribution in [3.8, 4) is 28.5 Å². The predicted molar refractivity (Wildman–Crippen MR) is 323 cm³/mol. The van der Waals surface area contributed by atoms with E-state index in [0.717, 1.165) is 114 Å². The van der Waals surface area contributed by atoms with Crippen molar-refractivity contribution >= 4 is 22.6 Å². The number of rotatable bonds is 14. The van der Waals surface area contributed by atoms with Gasteiger partial charge in [0.15, 0.2) is 11.6 Å². The number of amidine groups is 1. The lowest BCUT2D eigenvalue weighted by molar-refractivity contribution is 0.0716. The molecule has 4 atom stereocenters. The standard InChI is InChI=1S/C35H46FN5O.C30H34F2N6O.C2H6/c1-4-9-30(42-23-35-14-7-18-41(35)19-8-15-35)39-33(40-21-25-12-13-26(22-40)38-25)28-20-37-32(31(36)24(28)2)27-10-5-6-11-29(27)34(3)16-17-34;31-23-5-1-4-21(24(23)18-6-7-18)26-25(32)27-22(14-33-26)28(37-15-19-8-9-20(16-37)34-19)36-29(35-27)39-17-30-10-2-12-38(30)13-3-11-30;1-2/h5-6,9-11,20,25-26,38H,4,7-8,12-19,21-23H2,1-3H3;1,4-5,14,18-20,34H,2-3,6-13,15-17H2;1-2H3/b30-9-,39-33+;;. The molecular formula is C67H86F3N11O2. The molecular weight excluding hydrogens is 1050 g/mol. The zero-order valence-corrected chi connectivity index (χ0v) is 49.7. The lowest BCUT2D eigenvalue weighted by atomic mass is 9.90. The van der Waals surface area contributed by atoms with Crippen molar-refractivity contribution in [2.24, 2.45) is 4.99 Å². The number of allylic oxidation sites excluding steroid dienone is 1. The van der Waals surface area contributed by atoms with Gasteiger partial charge in [-0.15, -0.1) is 0 Å². The molecule has 3 aromatic heterocycles. The van der Waals surface area contributed by atoms with Crippen LogP contribution in [-0.2, 0) is 10.2 Å². The summed E-state index contributed by atoms with van der Waals surface area (Å²) in [5.74, 6) is 1.17. The van der Waals surface area contributed by atoms with Crippen LogP contribution in [0.1, 0.15) is 165 Å². The van der Waals surface area contributed by atoms with Crippen LogP contribution >= 0.6 is 0 Å². The van der Waals surface area contributed by atoms with Crippen molar-refractivity contribution < 1.29 is 22.6 Å². The van der Waals surface area contributed by atoms with Crippen LogP contribution in [0.3, 0.4) is 0 Å². The summed E-state index contributed by atoms with van der Waals surface area (Å²) in [5, 5.41) is 7.98. The largest absolute Gasteiger partial charge is 0.476 e. The fraction of sp³-hybridized carbons (Fsp3) is 0.597. The van der Waals surface area contributed by atoms with Crippen LogP contribution in [0, 0.1) is 24.4 Å². The smallest absolute Gasteiger partial charge is 0.319 e. The Morgan fingerprint density at radius 3 is 1.92 bits per heavy atom. The van der Waals surface area contributed by atoms with Gasteiger partial charge < -0.3 is 29.9 Å². The third-order valence-corrected chi connectivity index (χ3v) is 20.5. The molecule has 10 fully saturated rings. The zero-order valence-electron chi connectivity index (χ0n) is 49.7. The Hall–Kier alpha value is -5.68. The Morgan fingerprint density at radius 2 is 1.29 bits per heavy atom. The van der Waals surface area contributed by atoms with E-state index in [4.69, 9.17) is 24.4 Å². The molecule has 8 saturated heterocycles. The van der Waals surface area contributed by atoms with Crippen LogP contribution in [0.15, 0.2) is 71.8 Å². The third-order valence-electron chi connectivity index (χ3n) is 20.5. The summed E-state index contributed by atoms with van der Waals surface area (Å²) in [6.07, 6.45) is 24.6. The quantitative estimate of drug-likeness (QED) is 0.0626. The molecule has 13 nitrogen and oxygen atoms in total. The lowest BCUT2D eigenvalue weighted by Gasteiger charge is -2.36. The predicted octanol–water partition coefficient (Wildman–Crippen LogP) is 12.1. The molecule has 8 aliphatic heterocycles. The van der Waals surface area contributed by atoms with Crippen molar-refractivity contribution in [3.05, 3.63) is 107 Å². The van der Waals surface area contributed by atoms with E-state index in [1.165, 1.54) is 76.1 Å². The van der Waals surface area contributed by atoms with Gasteiger partial charge >= 0.3 is 6.01 Å². The summed E-state index contributed by atoms with van der Waals surface area (Å²) in [6, 6.07) is 15.0. The highest BCUT2D eigenvalue weighted by Gasteiger charge is 2.47. The molecule has 0 radical (unpaired) electrons. The van der Waals surface area contributed by atoms with Gasteiger partial charge in [-0.1, -0.05) is 64.1 Å². The minimum absolute atomic E-state index is 0.0370. The van der Waals surface area contributed by atoms with E-state index in [2.05, 4.69) is 72.3 Å². The Balaban J connectivity index is 0.000000151. The number of nitrogens with one attached hydrogen (secondary N) is 2. The Morgan fingerprint density at radius 1 is 0.699 bits per heavy atom. The first-order valence-electron chi connectivity index (χ1n) is 31.9. The first-order chi connectivity index (χ1) is 40.5. The van der Waals surface area contributed by atoms with Gasteiger partial charge in [0.25, 0.3) is 0 Å². The zero-order chi connectivity index (χ0) is 57.0. The second-order valence-corrected chi connectivity index (χ2v) is 25.9. The second-order valence-electron chi connectivity index (χ2n) is 25.9. The molecule has 2 aromatic carbocycles. The van der Waals surface area contributed by atoms with Crippen molar-refractivity contribution in [1.82, 2.24) is 45.3 Å². The number of fused-ring (bicyclic) bond motifs is 7. The maximum Gasteiger partial charge on any atom is 0.319 e. The molecule has 2 aliphatic carbocycles. The molecule has 4 unspecified atom stereocenters. The number of halogens is 3. The first kappa shape index (κ1) is 56.5. The summed E-state index contributed by atoms with van der Waals surface area (Å²) in [7, 11) is 0. The summed E-state index contributed by atoms with van der Waals surface area (Å²) in [5.41, 5.74) is 5.66. The third kappa shape index (κ3) is 10.9. The van der Waals surface area contributed by atoms with Gasteiger partial charge in [-0.3, -0.25) is 19.8 Å². The van der Waals surface area contributed by atoms with E-state index in [-0.39, 0.29) is 51.3 Å². The second kappa shape index (κ2) is 23.3. The molecule has 2 saturated carbocycles. The molecule has 10 aliphatic rings.